The first-order chi connectivity index (χ1) is 11.4. The monoisotopic (exact) mass is 369 g/mol. The van der Waals surface area contributed by atoms with Crippen LogP contribution < -0.4 is 0 Å². The number of amides is 1. The summed E-state index contributed by atoms with van der Waals surface area (Å²) in [5.41, 5.74) is 2.34. The summed E-state index contributed by atoms with van der Waals surface area (Å²) in [5.74, 6) is -0.656. The number of aromatic nitrogens is 1. The molecule has 0 radical (unpaired) electrons. The number of carbonyl (C=O) groups excluding carboxylic acids is 1. The van der Waals surface area contributed by atoms with Crippen LogP contribution in [0.25, 0.3) is 0 Å². The highest BCUT2D eigenvalue weighted by Gasteiger charge is 2.31. The van der Waals surface area contributed by atoms with E-state index in [0.29, 0.717) is 24.3 Å². The molecule has 0 spiro atoms. The number of halogens is 1. The van der Waals surface area contributed by atoms with Crippen LogP contribution in [-0.2, 0) is 10.0 Å². The molecule has 1 aromatic carbocycles. The van der Waals surface area contributed by atoms with Crippen molar-refractivity contribution in [1.29, 1.82) is 0 Å². The minimum absolute atomic E-state index is 0.100. The Hall–Kier alpha value is -1.84. The highest BCUT2D eigenvalue weighted by Crippen LogP contribution is 2.22. The zero-order valence-corrected chi connectivity index (χ0v) is 14.6. The Labute approximate surface area is 143 Å². The first-order valence-corrected chi connectivity index (χ1v) is 9.71. The van der Waals surface area contributed by atoms with Gasteiger partial charge in [0.05, 0.1) is 10.4 Å². The van der Waals surface area contributed by atoms with Gasteiger partial charge in [-0.2, -0.15) is 4.31 Å². The number of nitrogens with zero attached hydrogens (tertiary/aromatic N) is 3. The van der Waals surface area contributed by atoms with Crippen LogP contribution in [0.15, 0.2) is 34.0 Å². The van der Waals surface area contributed by atoms with E-state index in [1.807, 2.05) is 0 Å². The summed E-state index contributed by atoms with van der Waals surface area (Å²) in [7, 11) is -3.70. The van der Waals surface area contributed by atoms with E-state index in [9.17, 15) is 17.6 Å². The summed E-state index contributed by atoms with van der Waals surface area (Å²) in [6.07, 6.45) is 0. The highest BCUT2D eigenvalue weighted by atomic mass is 32.2. The Kier molecular flexibility index (Phi) is 4.66. The lowest BCUT2D eigenvalue weighted by Crippen LogP contribution is -2.50. The lowest BCUT2D eigenvalue weighted by Gasteiger charge is -2.33. The van der Waals surface area contributed by atoms with E-state index in [2.05, 4.69) is 4.98 Å². The lowest BCUT2D eigenvalue weighted by atomic mass is 10.2. The van der Waals surface area contributed by atoms with Crippen LogP contribution in [0.2, 0.25) is 0 Å². The molecule has 128 valence electrons. The fourth-order valence-electron chi connectivity index (χ4n) is 2.65. The minimum atomic E-state index is -3.70. The molecule has 6 nitrogen and oxygen atoms in total. The first-order valence-electron chi connectivity index (χ1n) is 7.33. The SMILES string of the molecule is Cc1cc(F)ccc1S(=O)(=O)N1CCN(C(=O)c2cscn2)CC1. The van der Waals surface area contributed by atoms with Gasteiger partial charge in [0.15, 0.2) is 0 Å². The Bertz CT molecular complexity index is 845. The number of hydrogen-bond donors (Lipinski definition) is 0. The highest BCUT2D eigenvalue weighted by molar-refractivity contribution is 7.89. The molecule has 1 aromatic heterocycles. The Morgan fingerprint density at radius 1 is 1.25 bits per heavy atom. The van der Waals surface area contributed by atoms with Crippen molar-refractivity contribution < 1.29 is 17.6 Å². The van der Waals surface area contributed by atoms with Crippen molar-refractivity contribution in [3.8, 4) is 0 Å². The fraction of sp³-hybridized carbons (Fsp3) is 0.333. The maximum absolute atomic E-state index is 13.2. The van der Waals surface area contributed by atoms with Crippen LogP contribution in [0.4, 0.5) is 4.39 Å². The molecule has 2 aromatic rings. The molecule has 9 heteroatoms. The second kappa shape index (κ2) is 6.58. The van der Waals surface area contributed by atoms with Crippen LogP contribution in [0.5, 0.6) is 0 Å². The number of piperazine rings is 1. The second-order valence-electron chi connectivity index (χ2n) is 5.48. The van der Waals surface area contributed by atoms with Gasteiger partial charge in [0.25, 0.3) is 5.91 Å². The third kappa shape index (κ3) is 3.19. The smallest absolute Gasteiger partial charge is 0.273 e. The van der Waals surface area contributed by atoms with Gasteiger partial charge >= 0.3 is 0 Å². The van der Waals surface area contributed by atoms with E-state index in [0.717, 1.165) is 6.07 Å². The van der Waals surface area contributed by atoms with Crippen molar-refractivity contribution >= 4 is 27.3 Å². The van der Waals surface area contributed by atoms with E-state index in [1.165, 1.54) is 27.8 Å². The normalized spacial score (nSPS) is 16.3. The van der Waals surface area contributed by atoms with Crippen LogP contribution in [0.1, 0.15) is 16.1 Å². The van der Waals surface area contributed by atoms with Crippen molar-refractivity contribution in [1.82, 2.24) is 14.2 Å². The van der Waals surface area contributed by atoms with Crippen LogP contribution in [0, 0.1) is 12.7 Å². The average Bonchev–Trinajstić information content (AvgIpc) is 3.08. The minimum Gasteiger partial charge on any atom is -0.335 e. The maximum Gasteiger partial charge on any atom is 0.273 e. The molecule has 24 heavy (non-hydrogen) atoms. The van der Waals surface area contributed by atoms with E-state index < -0.39 is 15.8 Å². The van der Waals surface area contributed by atoms with E-state index in [4.69, 9.17) is 0 Å². The largest absolute Gasteiger partial charge is 0.335 e. The molecule has 0 saturated carbocycles. The van der Waals surface area contributed by atoms with Gasteiger partial charge in [0.2, 0.25) is 10.0 Å². The van der Waals surface area contributed by atoms with Crippen molar-refractivity contribution in [2.75, 3.05) is 26.2 Å². The Morgan fingerprint density at radius 2 is 1.96 bits per heavy atom. The fourth-order valence-corrected chi connectivity index (χ4v) is 4.81. The number of rotatable bonds is 3. The molecule has 0 N–H and O–H groups in total. The van der Waals surface area contributed by atoms with Gasteiger partial charge in [0, 0.05) is 31.6 Å². The zero-order valence-electron chi connectivity index (χ0n) is 13.0. The lowest BCUT2D eigenvalue weighted by molar-refractivity contribution is 0.0692. The molecule has 1 fully saturated rings. The van der Waals surface area contributed by atoms with Gasteiger partial charge in [-0.05, 0) is 30.7 Å². The summed E-state index contributed by atoms with van der Waals surface area (Å²) >= 11 is 1.34. The summed E-state index contributed by atoms with van der Waals surface area (Å²) < 4.78 is 40.0. The van der Waals surface area contributed by atoms with Crippen LogP contribution >= 0.6 is 11.3 Å². The predicted octanol–water partition coefficient (Wildman–Crippen LogP) is 1.74. The van der Waals surface area contributed by atoms with Gasteiger partial charge in [-0.25, -0.2) is 17.8 Å². The molecule has 2 heterocycles. The van der Waals surface area contributed by atoms with Crippen molar-refractivity contribution in [3.05, 3.63) is 46.2 Å². The summed E-state index contributed by atoms with van der Waals surface area (Å²) in [4.78, 5) is 17.9. The number of benzene rings is 1. The molecular formula is C15H16FN3O3S2. The van der Waals surface area contributed by atoms with Crippen molar-refractivity contribution in [3.63, 3.8) is 0 Å². The Balaban J connectivity index is 1.73. The predicted molar refractivity (Wildman–Crippen MR) is 87.9 cm³/mol. The van der Waals surface area contributed by atoms with Crippen molar-refractivity contribution in [2.24, 2.45) is 0 Å². The van der Waals surface area contributed by atoms with Gasteiger partial charge in [0.1, 0.15) is 11.5 Å². The first kappa shape index (κ1) is 17.0. The summed E-state index contributed by atoms with van der Waals surface area (Å²) in [6.45, 7) is 2.58. The van der Waals surface area contributed by atoms with Crippen LogP contribution in [-0.4, -0.2) is 54.7 Å². The number of aryl methyl sites for hydroxylation is 1. The van der Waals surface area contributed by atoms with Gasteiger partial charge in [-0.1, -0.05) is 0 Å². The van der Waals surface area contributed by atoms with E-state index in [1.54, 1.807) is 22.7 Å². The topological polar surface area (TPSA) is 70.6 Å². The van der Waals surface area contributed by atoms with Gasteiger partial charge < -0.3 is 4.90 Å². The average molecular weight is 369 g/mol. The maximum atomic E-state index is 13.2. The molecule has 0 atom stereocenters. The molecule has 0 aliphatic carbocycles. The number of sulfonamides is 1. The number of thiazole rings is 1. The van der Waals surface area contributed by atoms with E-state index in [-0.39, 0.29) is 23.9 Å². The molecule has 0 bridgehead atoms. The molecular weight excluding hydrogens is 353 g/mol. The quantitative estimate of drug-likeness (QED) is 0.826. The third-order valence-corrected chi connectivity index (χ3v) is 6.58. The standard InChI is InChI=1S/C15H16FN3O3S2/c1-11-8-12(16)2-3-14(11)24(21,22)19-6-4-18(5-7-19)15(20)13-9-23-10-17-13/h2-3,8-10H,4-7H2,1H3. The molecule has 0 unspecified atom stereocenters. The van der Waals surface area contributed by atoms with Crippen molar-refractivity contribution in [2.45, 2.75) is 11.8 Å². The zero-order chi connectivity index (χ0) is 17.3. The molecule has 1 aliphatic rings. The molecule has 1 aliphatic heterocycles. The van der Waals surface area contributed by atoms with E-state index >= 15 is 0 Å². The Morgan fingerprint density at radius 3 is 2.54 bits per heavy atom. The van der Waals surface area contributed by atoms with Crippen LogP contribution in [0.3, 0.4) is 0 Å². The van der Waals surface area contributed by atoms with Gasteiger partial charge in [-0.15, -0.1) is 11.3 Å². The number of hydrogen-bond acceptors (Lipinski definition) is 5. The number of carbonyl (C=O) groups is 1. The third-order valence-electron chi connectivity index (χ3n) is 3.93. The van der Waals surface area contributed by atoms with Gasteiger partial charge in [-0.3, -0.25) is 4.79 Å². The molecule has 1 amide bonds. The summed E-state index contributed by atoms with van der Waals surface area (Å²) in [6, 6.07) is 3.63. The second-order valence-corrected chi connectivity index (χ2v) is 8.10. The molecule has 3 rings (SSSR count). The summed E-state index contributed by atoms with van der Waals surface area (Å²) in [5, 5.41) is 1.67. The molecule has 1 saturated heterocycles.